The number of nitrogens with one attached hydrogen (secondary N) is 1. The molecule has 0 aliphatic heterocycles. The van der Waals surface area contributed by atoms with Gasteiger partial charge in [-0.1, -0.05) is 24.3 Å². The van der Waals surface area contributed by atoms with Crippen LogP contribution in [-0.2, 0) is 17.6 Å². The van der Waals surface area contributed by atoms with Crippen molar-refractivity contribution in [1.82, 2.24) is 5.32 Å². The Hall–Kier alpha value is -2.07. The van der Waals surface area contributed by atoms with Crippen molar-refractivity contribution in [2.75, 3.05) is 14.2 Å². The number of furan rings is 1. The number of benzene rings is 1. The SMILES string of the molecule is CNC(c1ccc(C(=O)OC)o1)C1Cc2ccccc2C1. The molecule has 0 saturated heterocycles. The number of hydrogen-bond acceptors (Lipinski definition) is 4. The van der Waals surface area contributed by atoms with Crippen LogP contribution >= 0.6 is 0 Å². The number of carbonyl (C=O) groups excluding carboxylic acids is 1. The summed E-state index contributed by atoms with van der Waals surface area (Å²) in [5.41, 5.74) is 2.81. The molecule has 0 radical (unpaired) electrons. The van der Waals surface area contributed by atoms with Crippen molar-refractivity contribution in [2.45, 2.75) is 18.9 Å². The van der Waals surface area contributed by atoms with Gasteiger partial charge in [0.1, 0.15) is 5.76 Å². The largest absolute Gasteiger partial charge is 0.463 e. The first-order valence-electron chi connectivity index (χ1n) is 7.15. The zero-order valence-corrected chi connectivity index (χ0v) is 12.3. The smallest absolute Gasteiger partial charge is 0.373 e. The fraction of sp³-hybridized carbons (Fsp3) is 0.353. The number of esters is 1. The second-order valence-corrected chi connectivity index (χ2v) is 5.40. The molecular formula is C17H19NO3. The molecule has 4 heteroatoms. The second kappa shape index (κ2) is 5.74. The maximum absolute atomic E-state index is 11.5. The van der Waals surface area contributed by atoms with Crippen LogP contribution < -0.4 is 5.32 Å². The average Bonchev–Trinajstić information content (AvgIpc) is 3.14. The van der Waals surface area contributed by atoms with Crippen LogP contribution in [0.5, 0.6) is 0 Å². The van der Waals surface area contributed by atoms with Crippen molar-refractivity contribution in [2.24, 2.45) is 5.92 Å². The van der Waals surface area contributed by atoms with E-state index in [1.54, 1.807) is 6.07 Å². The summed E-state index contributed by atoms with van der Waals surface area (Å²) in [6.07, 6.45) is 2.05. The highest BCUT2D eigenvalue weighted by molar-refractivity contribution is 5.86. The first-order valence-corrected chi connectivity index (χ1v) is 7.15. The summed E-state index contributed by atoms with van der Waals surface area (Å²) in [4.78, 5) is 11.5. The average molecular weight is 285 g/mol. The zero-order valence-electron chi connectivity index (χ0n) is 12.3. The Balaban J connectivity index is 1.80. The number of fused-ring (bicyclic) bond motifs is 1. The Morgan fingerprint density at radius 2 is 1.90 bits per heavy atom. The molecular weight excluding hydrogens is 266 g/mol. The molecule has 0 bridgehead atoms. The summed E-state index contributed by atoms with van der Waals surface area (Å²) >= 11 is 0. The van der Waals surface area contributed by atoms with Gasteiger partial charge in [0.05, 0.1) is 13.2 Å². The minimum absolute atomic E-state index is 0.0933. The van der Waals surface area contributed by atoms with Crippen molar-refractivity contribution in [1.29, 1.82) is 0 Å². The molecule has 110 valence electrons. The highest BCUT2D eigenvalue weighted by Crippen LogP contribution is 2.35. The Morgan fingerprint density at radius 3 is 2.48 bits per heavy atom. The standard InChI is InChI=1S/C17H19NO3/c1-18-16(14-7-8-15(21-14)17(19)20-2)13-9-11-5-3-4-6-12(11)10-13/h3-8,13,16,18H,9-10H2,1-2H3. The molecule has 1 aliphatic rings. The lowest BCUT2D eigenvalue weighted by Crippen LogP contribution is -2.25. The summed E-state index contributed by atoms with van der Waals surface area (Å²) in [6.45, 7) is 0. The van der Waals surface area contributed by atoms with E-state index in [0.717, 1.165) is 18.6 Å². The minimum Gasteiger partial charge on any atom is -0.463 e. The van der Waals surface area contributed by atoms with Gasteiger partial charge in [-0.05, 0) is 49.1 Å². The van der Waals surface area contributed by atoms with E-state index >= 15 is 0 Å². The quantitative estimate of drug-likeness (QED) is 0.878. The van der Waals surface area contributed by atoms with Gasteiger partial charge < -0.3 is 14.5 Å². The molecule has 0 spiro atoms. The van der Waals surface area contributed by atoms with Crippen LogP contribution in [-0.4, -0.2) is 20.1 Å². The number of methoxy groups -OCH3 is 1. The Labute approximate surface area is 124 Å². The van der Waals surface area contributed by atoms with Crippen LogP contribution in [0.3, 0.4) is 0 Å². The predicted molar refractivity (Wildman–Crippen MR) is 79.2 cm³/mol. The van der Waals surface area contributed by atoms with Crippen LogP contribution in [0, 0.1) is 5.92 Å². The third kappa shape index (κ3) is 2.59. The fourth-order valence-corrected chi connectivity index (χ4v) is 3.17. The highest BCUT2D eigenvalue weighted by atomic mass is 16.5. The van der Waals surface area contributed by atoms with Gasteiger partial charge in [0.15, 0.2) is 0 Å². The van der Waals surface area contributed by atoms with E-state index in [-0.39, 0.29) is 11.8 Å². The molecule has 0 saturated carbocycles. The summed E-state index contributed by atoms with van der Waals surface area (Å²) in [5.74, 6) is 1.04. The lowest BCUT2D eigenvalue weighted by Gasteiger charge is -2.20. The number of carbonyl (C=O) groups is 1. The van der Waals surface area contributed by atoms with Crippen LogP contribution in [0.4, 0.5) is 0 Å². The zero-order chi connectivity index (χ0) is 14.8. The van der Waals surface area contributed by atoms with Gasteiger partial charge in [0.25, 0.3) is 0 Å². The summed E-state index contributed by atoms with van der Waals surface area (Å²) in [5, 5.41) is 3.32. The van der Waals surface area contributed by atoms with Crippen LogP contribution in [0.25, 0.3) is 0 Å². The molecule has 1 heterocycles. The second-order valence-electron chi connectivity index (χ2n) is 5.40. The van der Waals surface area contributed by atoms with E-state index in [9.17, 15) is 4.79 Å². The van der Waals surface area contributed by atoms with E-state index in [1.807, 2.05) is 13.1 Å². The molecule has 1 unspecified atom stereocenters. The van der Waals surface area contributed by atoms with Crippen molar-refractivity contribution in [3.63, 3.8) is 0 Å². The summed E-state index contributed by atoms with van der Waals surface area (Å²) < 4.78 is 10.3. The normalized spacial score (nSPS) is 15.7. The molecule has 1 N–H and O–H groups in total. The molecule has 0 fully saturated rings. The van der Waals surface area contributed by atoms with E-state index in [4.69, 9.17) is 4.42 Å². The number of hydrogen-bond donors (Lipinski definition) is 1. The van der Waals surface area contributed by atoms with Gasteiger partial charge in [-0.25, -0.2) is 4.79 Å². The molecule has 1 aromatic heterocycles. The molecule has 2 aromatic rings. The highest BCUT2D eigenvalue weighted by Gasteiger charge is 2.31. The fourth-order valence-electron chi connectivity index (χ4n) is 3.17. The third-order valence-electron chi connectivity index (χ3n) is 4.18. The molecule has 4 nitrogen and oxygen atoms in total. The molecule has 1 aromatic carbocycles. The van der Waals surface area contributed by atoms with E-state index in [1.165, 1.54) is 18.2 Å². The molecule has 21 heavy (non-hydrogen) atoms. The third-order valence-corrected chi connectivity index (χ3v) is 4.18. The summed E-state index contributed by atoms with van der Waals surface area (Å²) in [6, 6.07) is 12.2. The van der Waals surface area contributed by atoms with E-state index < -0.39 is 5.97 Å². The Bertz CT molecular complexity index is 622. The minimum atomic E-state index is -0.439. The Kier molecular flexibility index (Phi) is 3.80. The summed E-state index contributed by atoms with van der Waals surface area (Å²) in [7, 11) is 3.28. The maximum Gasteiger partial charge on any atom is 0.373 e. The van der Waals surface area contributed by atoms with E-state index in [0.29, 0.717) is 5.92 Å². The molecule has 0 amide bonds. The van der Waals surface area contributed by atoms with Gasteiger partial charge in [-0.2, -0.15) is 0 Å². The molecule has 1 atom stereocenters. The first-order chi connectivity index (χ1) is 10.2. The number of ether oxygens (including phenoxy) is 1. The van der Waals surface area contributed by atoms with Crippen LogP contribution in [0.15, 0.2) is 40.8 Å². The Morgan fingerprint density at radius 1 is 1.24 bits per heavy atom. The number of rotatable bonds is 4. The van der Waals surface area contributed by atoms with Gasteiger partial charge in [0.2, 0.25) is 5.76 Å². The van der Waals surface area contributed by atoms with Crippen molar-refractivity contribution < 1.29 is 13.9 Å². The van der Waals surface area contributed by atoms with Gasteiger partial charge in [-0.3, -0.25) is 0 Å². The van der Waals surface area contributed by atoms with Crippen molar-refractivity contribution in [3.05, 3.63) is 59.0 Å². The lowest BCUT2D eigenvalue weighted by atomic mass is 9.95. The van der Waals surface area contributed by atoms with Crippen LogP contribution in [0.2, 0.25) is 0 Å². The van der Waals surface area contributed by atoms with Crippen LogP contribution in [0.1, 0.15) is 33.5 Å². The topological polar surface area (TPSA) is 51.5 Å². The monoisotopic (exact) mass is 285 g/mol. The first kappa shape index (κ1) is 13.9. The van der Waals surface area contributed by atoms with Gasteiger partial charge >= 0.3 is 5.97 Å². The van der Waals surface area contributed by atoms with Crippen molar-refractivity contribution >= 4 is 5.97 Å². The molecule has 3 rings (SSSR count). The van der Waals surface area contributed by atoms with Crippen molar-refractivity contribution in [3.8, 4) is 0 Å². The predicted octanol–water partition coefficient (Wildman–Crippen LogP) is 2.74. The lowest BCUT2D eigenvalue weighted by molar-refractivity contribution is 0.0561. The van der Waals surface area contributed by atoms with Gasteiger partial charge in [0, 0.05) is 0 Å². The van der Waals surface area contributed by atoms with Gasteiger partial charge in [-0.15, -0.1) is 0 Å². The van der Waals surface area contributed by atoms with E-state index in [2.05, 4.69) is 34.3 Å². The maximum atomic E-state index is 11.5. The molecule has 1 aliphatic carbocycles.